The Labute approximate surface area is 141 Å². The Morgan fingerprint density at radius 1 is 1.09 bits per heavy atom. The van der Waals surface area contributed by atoms with Crippen molar-refractivity contribution >= 4 is 11.6 Å². The van der Waals surface area contributed by atoms with E-state index in [2.05, 4.69) is 36.9 Å². The van der Waals surface area contributed by atoms with Crippen LogP contribution in [-0.2, 0) is 0 Å². The predicted molar refractivity (Wildman–Crippen MR) is 95.9 cm³/mol. The van der Waals surface area contributed by atoms with E-state index in [0.29, 0.717) is 5.92 Å². The lowest BCUT2D eigenvalue weighted by atomic mass is 9.83. The second-order valence-corrected chi connectivity index (χ2v) is 7.61. The van der Waals surface area contributed by atoms with Gasteiger partial charge in [-0.25, -0.2) is 0 Å². The molecule has 0 amide bonds. The predicted octanol–water partition coefficient (Wildman–Crippen LogP) is 5.83. The average molecular weight is 320 g/mol. The molecule has 0 saturated heterocycles. The first-order valence-electron chi connectivity index (χ1n) is 9.24. The molecular formula is C20H30ClN. The number of hydrogen-bond donors (Lipinski definition) is 0. The van der Waals surface area contributed by atoms with Crippen molar-refractivity contribution in [1.29, 1.82) is 0 Å². The molecule has 1 nitrogen and oxygen atoms in total. The Morgan fingerprint density at radius 3 is 2.45 bits per heavy atom. The Morgan fingerprint density at radius 2 is 1.82 bits per heavy atom. The van der Waals surface area contributed by atoms with E-state index in [1.807, 2.05) is 0 Å². The van der Waals surface area contributed by atoms with Gasteiger partial charge in [-0.05, 0) is 67.3 Å². The molecule has 22 heavy (non-hydrogen) atoms. The fourth-order valence-corrected chi connectivity index (χ4v) is 4.53. The number of hydrogen-bond acceptors (Lipinski definition) is 1. The van der Waals surface area contributed by atoms with Crippen LogP contribution in [0.5, 0.6) is 0 Å². The summed E-state index contributed by atoms with van der Waals surface area (Å²) in [6, 6.07) is 6.97. The highest BCUT2D eigenvalue weighted by atomic mass is 35.5. The molecule has 1 aromatic rings. The Bertz CT molecular complexity index is 488. The van der Waals surface area contributed by atoms with Gasteiger partial charge < -0.3 is 4.90 Å². The van der Waals surface area contributed by atoms with Crippen LogP contribution in [0.4, 0.5) is 0 Å². The van der Waals surface area contributed by atoms with Crippen LogP contribution in [0.1, 0.15) is 75.3 Å². The third-order valence-electron chi connectivity index (χ3n) is 5.81. The van der Waals surface area contributed by atoms with Crippen molar-refractivity contribution in [3.63, 3.8) is 0 Å². The van der Waals surface area contributed by atoms with Crippen LogP contribution in [0, 0.1) is 5.92 Å². The van der Waals surface area contributed by atoms with Crippen LogP contribution in [0.3, 0.4) is 0 Å². The van der Waals surface area contributed by atoms with E-state index >= 15 is 0 Å². The topological polar surface area (TPSA) is 3.24 Å². The lowest BCUT2D eigenvalue weighted by Gasteiger charge is -2.23. The second-order valence-electron chi connectivity index (χ2n) is 7.20. The summed E-state index contributed by atoms with van der Waals surface area (Å²) < 4.78 is 0. The fraction of sp³-hybridized carbons (Fsp3) is 0.700. The monoisotopic (exact) mass is 319 g/mol. The molecule has 0 aliphatic heterocycles. The quantitative estimate of drug-likeness (QED) is 0.637. The van der Waals surface area contributed by atoms with Gasteiger partial charge in [-0.1, -0.05) is 56.8 Å². The zero-order valence-electron chi connectivity index (χ0n) is 14.2. The van der Waals surface area contributed by atoms with Crippen molar-refractivity contribution in [2.24, 2.45) is 5.92 Å². The van der Waals surface area contributed by atoms with E-state index in [1.54, 1.807) is 0 Å². The lowest BCUT2D eigenvalue weighted by molar-refractivity contribution is 0.289. The summed E-state index contributed by atoms with van der Waals surface area (Å²) in [5, 5.41) is 1.03. The molecule has 2 aliphatic carbocycles. The van der Waals surface area contributed by atoms with Crippen molar-refractivity contribution in [3.05, 3.63) is 34.3 Å². The summed E-state index contributed by atoms with van der Waals surface area (Å²) in [7, 11) is 0. The molecule has 1 aromatic carbocycles. The molecule has 122 valence electrons. The van der Waals surface area contributed by atoms with Crippen molar-refractivity contribution in [2.75, 3.05) is 19.6 Å². The highest BCUT2D eigenvalue weighted by Crippen LogP contribution is 2.49. The van der Waals surface area contributed by atoms with Gasteiger partial charge in [0.1, 0.15) is 0 Å². The summed E-state index contributed by atoms with van der Waals surface area (Å²) in [4.78, 5) is 2.54. The van der Waals surface area contributed by atoms with Crippen LogP contribution in [0.2, 0.25) is 5.02 Å². The maximum atomic E-state index is 6.63. The van der Waals surface area contributed by atoms with Crippen LogP contribution >= 0.6 is 11.6 Å². The van der Waals surface area contributed by atoms with Crippen molar-refractivity contribution in [1.82, 2.24) is 4.90 Å². The van der Waals surface area contributed by atoms with Gasteiger partial charge in [-0.3, -0.25) is 0 Å². The highest BCUT2D eigenvalue weighted by Gasteiger charge is 2.39. The van der Waals surface area contributed by atoms with Gasteiger partial charge in [0.25, 0.3) is 0 Å². The fourth-order valence-electron chi connectivity index (χ4n) is 4.19. The van der Waals surface area contributed by atoms with Crippen LogP contribution in [0.15, 0.2) is 18.2 Å². The lowest BCUT2D eigenvalue weighted by Crippen LogP contribution is -2.25. The maximum Gasteiger partial charge on any atom is 0.0443 e. The van der Waals surface area contributed by atoms with E-state index in [4.69, 9.17) is 11.6 Å². The Kier molecular flexibility index (Phi) is 5.46. The number of halogens is 1. The van der Waals surface area contributed by atoms with E-state index in [9.17, 15) is 0 Å². The first-order valence-corrected chi connectivity index (χ1v) is 9.62. The molecule has 0 bridgehead atoms. The van der Waals surface area contributed by atoms with E-state index in [-0.39, 0.29) is 0 Å². The third-order valence-corrected chi connectivity index (χ3v) is 6.13. The molecule has 2 saturated carbocycles. The van der Waals surface area contributed by atoms with Crippen molar-refractivity contribution < 1.29 is 0 Å². The molecular weight excluding hydrogens is 290 g/mol. The minimum Gasteiger partial charge on any atom is -0.304 e. The normalized spacial score (nSPS) is 25.6. The molecule has 2 aliphatic rings. The zero-order chi connectivity index (χ0) is 15.5. The molecule has 2 fully saturated rings. The van der Waals surface area contributed by atoms with Crippen molar-refractivity contribution in [2.45, 2.75) is 64.2 Å². The second kappa shape index (κ2) is 7.36. The molecule has 0 aromatic heterocycles. The highest BCUT2D eigenvalue weighted by molar-refractivity contribution is 6.31. The van der Waals surface area contributed by atoms with Gasteiger partial charge >= 0.3 is 0 Å². The summed E-state index contributed by atoms with van der Waals surface area (Å²) in [6.07, 6.45) is 8.14. The van der Waals surface area contributed by atoms with E-state index < -0.39 is 0 Å². The molecule has 0 spiro atoms. The Hall–Kier alpha value is -0.530. The maximum absolute atomic E-state index is 6.63. The first kappa shape index (κ1) is 16.3. The average Bonchev–Trinajstić information content (AvgIpc) is 3.32. The zero-order valence-corrected chi connectivity index (χ0v) is 14.9. The molecule has 3 rings (SSSR count). The van der Waals surface area contributed by atoms with Gasteiger partial charge in [0.2, 0.25) is 0 Å². The van der Waals surface area contributed by atoms with Crippen LogP contribution < -0.4 is 0 Å². The smallest absolute Gasteiger partial charge is 0.0443 e. The largest absolute Gasteiger partial charge is 0.304 e. The number of benzene rings is 1. The molecule has 0 radical (unpaired) electrons. The van der Waals surface area contributed by atoms with Gasteiger partial charge in [-0.15, -0.1) is 0 Å². The van der Waals surface area contributed by atoms with Gasteiger partial charge in [0, 0.05) is 11.6 Å². The minimum atomic E-state index is 0.709. The number of nitrogens with zero attached hydrogens (tertiary/aromatic N) is 1. The molecule has 2 unspecified atom stereocenters. The summed E-state index contributed by atoms with van der Waals surface area (Å²) >= 11 is 6.63. The van der Waals surface area contributed by atoms with Gasteiger partial charge in [-0.2, -0.15) is 0 Å². The molecule has 2 heteroatoms. The Balaban J connectivity index is 1.63. The van der Waals surface area contributed by atoms with Gasteiger partial charge in [0.15, 0.2) is 0 Å². The summed E-state index contributed by atoms with van der Waals surface area (Å²) in [6.45, 7) is 8.11. The van der Waals surface area contributed by atoms with Crippen molar-refractivity contribution in [3.8, 4) is 0 Å². The summed E-state index contributed by atoms with van der Waals surface area (Å²) in [5.41, 5.74) is 2.88. The van der Waals surface area contributed by atoms with Crippen LogP contribution in [-0.4, -0.2) is 24.5 Å². The first-order chi connectivity index (χ1) is 10.7. The van der Waals surface area contributed by atoms with Gasteiger partial charge in [0.05, 0.1) is 0 Å². The summed E-state index contributed by atoms with van der Waals surface area (Å²) in [5.74, 6) is 2.30. The van der Waals surface area contributed by atoms with E-state index in [1.165, 1.54) is 69.3 Å². The number of rotatable bonds is 6. The molecule has 0 heterocycles. The standard InChI is InChI=1S/C20H30ClN/c1-3-22(4-2)14-17-12-19(17)16-10-11-18(20(21)13-16)15-8-6-5-7-9-15/h10-11,13,15,17,19H,3-9,12,14H2,1-2H3. The minimum absolute atomic E-state index is 0.709. The van der Waals surface area contributed by atoms with Crippen LogP contribution in [0.25, 0.3) is 0 Å². The van der Waals surface area contributed by atoms with E-state index in [0.717, 1.165) is 16.9 Å². The molecule has 2 atom stereocenters. The SMILES string of the molecule is CCN(CC)CC1CC1c1ccc(C2CCCCC2)c(Cl)c1. The molecule has 0 N–H and O–H groups in total. The third kappa shape index (κ3) is 3.68.